The van der Waals surface area contributed by atoms with Crippen LogP contribution in [-0.2, 0) is 55.8 Å². The van der Waals surface area contributed by atoms with Crippen LogP contribution in [-0.4, -0.2) is 95.9 Å². The Morgan fingerprint density at radius 1 is 0.283 bits per heavy atom. The van der Waals surface area contributed by atoms with Crippen LogP contribution in [0.1, 0.15) is 329 Å². The second-order valence-electron chi connectivity index (χ2n) is 26.2. The molecule has 572 valence electrons. The molecule has 0 saturated carbocycles. The molecular formula is C81H142O16P2. The second-order valence-corrected chi connectivity index (χ2v) is 29.1. The number of carbonyl (C=O) groups is 3. The van der Waals surface area contributed by atoms with Gasteiger partial charge in [0.25, 0.3) is 0 Å². The largest absolute Gasteiger partial charge is 0.472 e. The molecule has 0 aliphatic carbocycles. The number of carbonyl (C=O) groups excluding carboxylic acids is 3. The minimum atomic E-state index is -4.93. The van der Waals surface area contributed by atoms with Gasteiger partial charge in [-0.2, -0.15) is 0 Å². The Hall–Kier alpha value is -3.79. The van der Waals surface area contributed by atoms with E-state index in [0.717, 1.165) is 148 Å². The van der Waals surface area contributed by atoms with Crippen LogP contribution >= 0.6 is 15.6 Å². The van der Waals surface area contributed by atoms with Crippen molar-refractivity contribution in [3.63, 3.8) is 0 Å². The lowest BCUT2D eigenvalue weighted by molar-refractivity contribution is -0.161. The van der Waals surface area contributed by atoms with Crippen molar-refractivity contribution in [3.05, 3.63) is 109 Å². The van der Waals surface area contributed by atoms with Crippen molar-refractivity contribution in [2.45, 2.75) is 347 Å². The van der Waals surface area contributed by atoms with E-state index in [9.17, 15) is 43.5 Å². The summed E-state index contributed by atoms with van der Waals surface area (Å²) in [5.41, 5.74) is 0. The van der Waals surface area contributed by atoms with Crippen molar-refractivity contribution >= 4 is 33.6 Å². The average molecular weight is 1430 g/mol. The van der Waals surface area contributed by atoms with E-state index in [1.54, 1.807) is 0 Å². The number of unbranched alkanes of at least 4 members (excludes halogenated alkanes) is 33. The number of hydrogen-bond acceptors (Lipinski definition) is 14. The summed E-state index contributed by atoms with van der Waals surface area (Å²) in [6.45, 7) is 2.60. The van der Waals surface area contributed by atoms with Crippen LogP contribution in [0.15, 0.2) is 109 Å². The van der Waals surface area contributed by atoms with Gasteiger partial charge in [-0.05, 0) is 135 Å². The fourth-order valence-electron chi connectivity index (χ4n) is 10.4. The maximum Gasteiger partial charge on any atom is 0.472 e. The van der Waals surface area contributed by atoms with E-state index in [-0.39, 0.29) is 19.3 Å². The van der Waals surface area contributed by atoms with Gasteiger partial charge in [-0.3, -0.25) is 32.5 Å². The number of allylic oxidation sites excluding steroid dienone is 18. The molecular weight excluding hydrogens is 1290 g/mol. The smallest absolute Gasteiger partial charge is 0.463 e. The fraction of sp³-hybridized carbons (Fsp3) is 0.741. The van der Waals surface area contributed by atoms with E-state index in [1.165, 1.54) is 122 Å². The Bertz CT molecular complexity index is 2240. The summed E-state index contributed by atoms with van der Waals surface area (Å²) in [4.78, 5) is 58.6. The van der Waals surface area contributed by atoms with Crippen molar-refractivity contribution < 1.29 is 75.8 Å². The monoisotopic (exact) mass is 1430 g/mol. The Labute approximate surface area is 602 Å². The van der Waals surface area contributed by atoms with Gasteiger partial charge in [0.1, 0.15) is 25.4 Å². The first-order valence-corrected chi connectivity index (χ1v) is 42.2. The molecule has 0 bridgehead atoms. The van der Waals surface area contributed by atoms with Crippen LogP contribution in [0.25, 0.3) is 0 Å². The summed E-state index contributed by atoms with van der Waals surface area (Å²) < 4.78 is 61.1. The average Bonchev–Trinajstić information content (AvgIpc) is 1.04. The molecule has 5 atom stereocenters. The highest BCUT2D eigenvalue weighted by molar-refractivity contribution is 7.47. The maximum atomic E-state index is 12.9. The number of aliphatic hydroxyl groups is 2. The minimum absolute atomic E-state index is 0.0912. The topological polar surface area (TPSA) is 231 Å². The van der Waals surface area contributed by atoms with E-state index >= 15 is 0 Å². The number of rotatable bonds is 74. The molecule has 0 aromatic heterocycles. The number of esters is 3. The van der Waals surface area contributed by atoms with Crippen LogP contribution in [0.5, 0.6) is 0 Å². The summed E-state index contributed by atoms with van der Waals surface area (Å²) in [5, 5.41) is 20.6. The number of phosphoric ester groups is 2. The van der Waals surface area contributed by atoms with Gasteiger partial charge in [0.2, 0.25) is 0 Å². The van der Waals surface area contributed by atoms with Crippen LogP contribution in [0.2, 0.25) is 0 Å². The first-order valence-electron chi connectivity index (χ1n) is 39.2. The highest BCUT2D eigenvalue weighted by Gasteiger charge is 2.29. The first-order chi connectivity index (χ1) is 48.2. The highest BCUT2D eigenvalue weighted by atomic mass is 31.2. The number of aliphatic hydroxyl groups excluding tert-OH is 2. The summed E-state index contributed by atoms with van der Waals surface area (Å²) in [6.07, 6.45) is 85.6. The van der Waals surface area contributed by atoms with E-state index in [1.807, 2.05) is 0 Å². The SMILES string of the molecule is CCCCC/C=C\C/C=C\C/C=C\C/C=C\CCCCCCCCCCCCCC(=O)OCC(O)COP(=O)(O)OCC(O)COP(=O)(O)OCC(COC(=O)CCCCCCCCC/C=C\C/C=C\C/C=C\C/C=C\CCCCC)OC(=O)CCCCCCC/C=C\CCCCCC. The molecule has 16 nitrogen and oxygen atoms in total. The predicted octanol–water partition coefficient (Wildman–Crippen LogP) is 22.8. The fourth-order valence-corrected chi connectivity index (χ4v) is 12.0. The molecule has 0 radical (unpaired) electrons. The quantitative estimate of drug-likeness (QED) is 0.0146. The van der Waals surface area contributed by atoms with Gasteiger partial charge in [-0.1, -0.05) is 284 Å². The lowest BCUT2D eigenvalue weighted by Crippen LogP contribution is -2.30. The van der Waals surface area contributed by atoms with Gasteiger partial charge in [-0.15, -0.1) is 0 Å². The third kappa shape index (κ3) is 75.2. The van der Waals surface area contributed by atoms with Crippen molar-refractivity contribution in [2.24, 2.45) is 0 Å². The third-order valence-electron chi connectivity index (χ3n) is 16.4. The summed E-state index contributed by atoms with van der Waals surface area (Å²) in [6, 6.07) is 0. The Kier molecular flexibility index (Phi) is 71.1. The van der Waals surface area contributed by atoms with Gasteiger partial charge < -0.3 is 34.2 Å². The molecule has 0 aliphatic rings. The van der Waals surface area contributed by atoms with Crippen LogP contribution in [0.3, 0.4) is 0 Å². The summed E-state index contributed by atoms with van der Waals surface area (Å²) in [7, 11) is -9.79. The molecule has 0 saturated heterocycles. The Balaban J connectivity index is 4.54. The van der Waals surface area contributed by atoms with Gasteiger partial charge in [-0.25, -0.2) is 9.13 Å². The van der Waals surface area contributed by atoms with E-state index < -0.39 is 91.5 Å². The van der Waals surface area contributed by atoms with Gasteiger partial charge >= 0.3 is 33.6 Å². The van der Waals surface area contributed by atoms with Crippen molar-refractivity contribution in [3.8, 4) is 0 Å². The normalized spacial score (nSPS) is 14.6. The van der Waals surface area contributed by atoms with Crippen molar-refractivity contribution in [1.82, 2.24) is 0 Å². The molecule has 4 N–H and O–H groups in total. The number of hydrogen-bond donors (Lipinski definition) is 4. The van der Waals surface area contributed by atoms with Crippen LogP contribution < -0.4 is 0 Å². The van der Waals surface area contributed by atoms with Gasteiger partial charge in [0.05, 0.1) is 26.4 Å². The molecule has 0 amide bonds. The third-order valence-corrected chi connectivity index (χ3v) is 18.3. The van der Waals surface area contributed by atoms with Crippen molar-refractivity contribution in [2.75, 3.05) is 39.6 Å². The van der Waals surface area contributed by atoms with E-state index in [4.69, 9.17) is 32.3 Å². The van der Waals surface area contributed by atoms with Crippen LogP contribution in [0.4, 0.5) is 0 Å². The van der Waals surface area contributed by atoms with Crippen LogP contribution in [0, 0.1) is 0 Å². The lowest BCUT2D eigenvalue weighted by Gasteiger charge is -2.21. The Morgan fingerprint density at radius 3 is 0.828 bits per heavy atom. The maximum absolute atomic E-state index is 12.9. The molecule has 0 spiro atoms. The van der Waals surface area contributed by atoms with E-state index in [2.05, 4.69) is 130 Å². The molecule has 0 heterocycles. The predicted molar refractivity (Wildman–Crippen MR) is 408 cm³/mol. The molecule has 18 heteroatoms. The van der Waals surface area contributed by atoms with Gasteiger partial charge in [0.15, 0.2) is 6.10 Å². The number of phosphoric acid groups is 2. The molecule has 5 unspecified atom stereocenters. The molecule has 0 aliphatic heterocycles. The van der Waals surface area contributed by atoms with E-state index in [0.29, 0.717) is 19.3 Å². The first kappa shape index (κ1) is 95.2. The second kappa shape index (κ2) is 73.9. The summed E-state index contributed by atoms with van der Waals surface area (Å²) in [5.74, 6) is -1.59. The minimum Gasteiger partial charge on any atom is -0.463 e. The molecule has 99 heavy (non-hydrogen) atoms. The highest BCUT2D eigenvalue weighted by Crippen LogP contribution is 2.45. The lowest BCUT2D eigenvalue weighted by atomic mass is 10.0. The number of ether oxygens (including phenoxy) is 3. The van der Waals surface area contributed by atoms with Gasteiger partial charge in [0, 0.05) is 19.3 Å². The molecule has 0 rings (SSSR count). The Morgan fingerprint density at radius 2 is 0.505 bits per heavy atom. The standard InChI is InChI=1S/C81H142O16P2/c1-4-7-10-13-16-19-22-25-27-29-31-33-35-36-37-38-40-42-43-45-47-50-52-55-58-61-64-67-79(84)91-70-76(82)71-93-98(87,88)94-72-77(83)73-95-99(89,90)96-75-78(97-81(86)69-66-63-60-57-54-49-24-21-18-15-12-9-6-3)74-92-80(85)68-65-62-59-56-53-51-48-46-44-41-39-34-32-30-28-26-23-20-17-14-11-8-5-2/h16-17,19-21,24-28,31-34,36-37,41,44,76-78,82-83H,4-15,18,22-23,29-30,35,38-40,42-43,45-75H2,1-3H3,(H,87,88)(H,89,90)/b19-16-,20-17-,24-21-,27-25-,28-26-,33-31-,34-32-,37-36-,44-41-. The molecule has 0 aromatic carbocycles. The zero-order valence-electron chi connectivity index (χ0n) is 62.4. The van der Waals surface area contributed by atoms with Crippen molar-refractivity contribution in [1.29, 1.82) is 0 Å². The zero-order valence-corrected chi connectivity index (χ0v) is 64.2. The molecule has 0 fully saturated rings. The zero-order chi connectivity index (χ0) is 72.3. The summed E-state index contributed by atoms with van der Waals surface area (Å²) >= 11 is 0. The molecule has 0 aromatic rings.